The molecule has 0 bridgehead atoms. The van der Waals surface area contributed by atoms with Crippen molar-refractivity contribution in [3.05, 3.63) is 65.2 Å². The van der Waals surface area contributed by atoms with Crippen molar-refractivity contribution in [2.45, 2.75) is 13.0 Å². The second-order valence-electron chi connectivity index (χ2n) is 4.80. The monoisotopic (exact) mass is 285 g/mol. The van der Waals surface area contributed by atoms with E-state index >= 15 is 0 Å². The van der Waals surface area contributed by atoms with E-state index in [0.29, 0.717) is 11.3 Å². The third kappa shape index (κ3) is 3.61. The van der Waals surface area contributed by atoms with Crippen LogP contribution in [-0.4, -0.2) is 24.7 Å². The number of aliphatic hydroxyl groups is 1. The zero-order chi connectivity index (χ0) is 15.2. The van der Waals surface area contributed by atoms with E-state index in [0.717, 1.165) is 11.1 Å². The minimum atomic E-state index is -0.416. The second-order valence-corrected chi connectivity index (χ2v) is 4.80. The highest BCUT2D eigenvalue weighted by Crippen LogP contribution is 2.18. The summed E-state index contributed by atoms with van der Waals surface area (Å²) < 4.78 is 5.13. The molecule has 21 heavy (non-hydrogen) atoms. The van der Waals surface area contributed by atoms with Gasteiger partial charge in [-0.05, 0) is 36.2 Å². The molecule has 0 radical (unpaired) electrons. The fraction of sp³-hybridized carbons (Fsp3) is 0.235. The van der Waals surface area contributed by atoms with E-state index in [-0.39, 0.29) is 12.5 Å². The number of carbonyl (C=O) groups is 1. The third-order valence-corrected chi connectivity index (χ3v) is 3.37. The third-order valence-electron chi connectivity index (χ3n) is 3.37. The molecule has 2 rings (SSSR count). The predicted molar refractivity (Wildman–Crippen MR) is 81.5 cm³/mol. The SMILES string of the molecule is COc1ccc(C(=O)NC(CO)c2ccccc2)c(C)c1. The minimum absolute atomic E-state index is 0.148. The van der Waals surface area contributed by atoms with Crippen molar-refractivity contribution in [2.24, 2.45) is 0 Å². The average Bonchev–Trinajstić information content (AvgIpc) is 2.53. The van der Waals surface area contributed by atoms with Gasteiger partial charge in [0, 0.05) is 5.56 Å². The Kier molecular flexibility index (Phi) is 4.95. The van der Waals surface area contributed by atoms with Crippen LogP contribution in [0.4, 0.5) is 0 Å². The maximum absolute atomic E-state index is 12.3. The summed E-state index contributed by atoms with van der Waals surface area (Å²) in [4.78, 5) is 12.3. The smallest absolute Gasteiger partial charge is 0.252 e. The second kappa shape index (κ2) is 6.90. The van der Waals surface area contributed by atoms with Crippen LogP contribution in [0.25, 0.3) is 0 Å². The molecule has 0 aliphatic carbocycles. The van der Waals surface area contributed by atoms with Gasteiger partial charge in [-0.25, -0.2) is 0 Å². The first-order chi connectivity index (χ1) is 10.2. The molecular weight excluding hydrogens is 266 g/mol. The first kappa shape index (κ1) is 15.1. The molecule has 0 aromatic heterocycles. The van der Waals surface area contributed by atoms with Crippen LogP contribution in [-0.2, 0) is 0 Å². The van der Waals surface area contributed by atoms with Crippen molar-refractivity contribution in [3.63, 3.8) is 0 Å². The van der Waals surface area contributed by atoms with Gasteiger partial charge in [-0.1, -0.05) is 30.3 Å². The Morgan fingerprint density at radius 2 is 1.95 bits per heavy atom. The molecule has 2 aromatic rings. The lowest BCUT2D eigenvalue weighted by Crippen LogP contribution is -2.31. The molecule has 0 saturated carbocycles. The molecule has 0 heterocycles. The summed E-state index contributed by atoms with van der Waals surface area (Å²) in [6, 6.07) is 14.3. The molecule has 2 aromatic carbocycles. The van der Waals surface area contributed by atoms with E-state index in [9.17, 15) is 9.90 Å². The molecule has 2 N–H and O–H groups in total. The number of aliphatic hydroxyl groups excluding tert-OH is 1. The number of hydrogen-bond acceptors (Lipinski definition) is 3. The van der Waals surface area contributed by atoms with E-state index in [2.05, 4.69) is 5.32 Å². The Bertz CT molecular complexity index is 611. The lowest BCUT2D eigenvalue weighted by Gasteiger charge is -2.17. The lowest BCUT2D eigenvalue weighted by molar-refractivity contribution is 0.0915. The number of carbonyl (C=O) groups excluding carboxylic acids is 1. The highest BCUT2D eigenvalue weighted by Gasteiger charge is 2.16. The maximum Gasteiger partial charge on any atom is 0.252 e. The number of benzene rings is 2. The molecule has 4 heteroatoms. The van der Waals surface area contributed by atoms with Crippen molar-refractivity contribution in [3.8, 4) is 5.75 Å². The molecule has 1 atom stereocenters. The molecule has 0 fully saturated rings. The van der Waals surface area contributed by atoms with Gasteiger partial charge in [-0.2, -0.15) is 0 Å². The van der Waals surface area contributed by atoms with Crippen LogP contribution in [0.5, 0.6) is 5.75 Å². The Morgan fingerprint density at radius 3 is 2.52 bits per heavy atom. The van der Waals surface area contributed by atoms with E-state index in [1.54, 1.807) is 19.2 Å². The molecule has 0 spiro atoms. The highest BCUT2D eigenvalue weighted by atomic mass is 16.5. The van der Waals surface area contributed by atoms with E-state index < -0.39 is 6.04 Å². The number of rotatable bonds is 5. The van der Waals surface area contributed by atoms with E-state index in [1.807, 2.05) is 43.3 Å². The van der Waals surface area contributed by atoms with Gasteiger partial charge in [0.1, 0.15) is 5.75 Å². The van der Waals surface area contributed by atoms with Crippen LogP contribution >= 0.6 is 0 Å². The average molecular weight is 285 g/mol. The van der Waals surface area contributed by atoms with Crippen LogP contribution in [0.1, 0.15) is 27.5 Å². The van der Waals surface area contributed by atoms with Gasteiger partial charge < -0.3 is 15.2 Å². The Morgan fingerprint density at radius 1 is 1.24 bits per heavy atom. The summed E-state index contributed by atoms with van der Waals surface area (Å²) in [5, 5.41) is 12.3. The van der Waals surface area contributed by atoms with Crippen molar-refractivity contribution in [1.29, 1.82) is 0 Å². The Labute approximate surface area is 124 Å². The van der Waals surface area contributed by atoms with Crippen molar-refractivity contribution >= 4 is 5.91 Å². The summed E-state index contributed by atoms with van der Waals surface area (Å²) in [5.74, 6) is 0.504. The van der Waals surface area contributed by atoms with Gasteiger partial charge in [-0.3, -0.25) is 4.79 Å². The number of nitrogens with one attached hydrogen (secondary N) is 1. The normalized spacial score (nSPS) is 11.8. The first-order valence-corrected chi connectivity index (χ1v) is 6.77. The predicted octanol–water partition coefficient (Wildman–Crippen LogP) is 2.47. The van der Waals surface area contributed by atoms with E-state index in [4.69, 9.17) is 4.74 Å². The molecule has 110 valence electrons. The summed E-state index contributed by atoms with van der Waals surface area (Å²) in [5.41, 5.74) is 2.28. The van der Waals surface area contributed by atoms with Crippen LogP contribution in [0.2, 0.25) is 0 Å². The van der Waals surface area contributed by atoms with Crippen molar-refractivity contribution < 1.29 is 14.6 Å². The van der Waals surface area contributed by atoms with Crippen molar-refractivity contribution in [2.75, 3.05) is 13.7 Å². The topological polar surface area (TPSA) is 58.6 Å². The Hall–Kier alpha value is -2.33. The summed E-state index contributed by atoms with van der Waals surface area (Å²) in [6.45, 7) is 1.71. The summed E-state index contributed by atoms with van der Waals surface area (Å²) in [7, 11) is 1.59. The highest BCUT2D eigenvalue weighted by molar-refractivity contribution is 5.96. The van der Waals surface area contributed by atoms with Gasteiger partial charge in [0.25, 0.3) is 5.91 Å². The summed E-state index contributed by atoms with van der Waals surface area (Å²) in [6.07, 6.45) is 0. The fourth-order valence-electron chi connectivity index (χ4n) is 2.17. The molecule has 0 saturated heterocycles. The Balaban J connectivity index is 2.17. The largest absolute Gasteiger partial charge is 0.497 e. The zero-order valence-corrected chi connectivity index (χ0v) is 12.2. The summed E-state index contributed by atoms with van der Waals surface area (Å²) >= 11 is 0. The van der Waals surface area contributed by atoms with Gasteiger partial charge >= 0.3 is 0 Å². The standard InChI is InChI=1S/C17H19NO3/c1-12-10-14(21-2)8-9-15(12)17(20)18-16(11-19)13-6-4-3-5-7-13/h3-10,16,19H,11H2,1-2H3,(H,18,20). The molecule has 1 amide bonds. The molecule has 1 unspecified atom stereocenters. The van der Waals surface area contributed by atoms with Gasteiger partial charge in [0.15, 0.2) is 0 Å². The van der Waals surface area contributed by atoms with Gasteiger partial charge in [-0.15, -0.1) is 0 Å². The molecule has 0 aliphatic heterocycles. The van der Waals surface area contributed by atoms with E-state index in [1.165, 1.54) is 0 Å². The zero-order valence-electron chi connectivity index (χ0n) is 12.2. The van der Waals surface area contributed by atoms with Gasteiger partial charge in [0.2, 0.25) is 0 Å². The van der Waals surface area contributed by atoms with Crippen LogP contribution < -0.4 is 10.1 Å². The number of methoxy groups -OCH3 is 1. The first-order valence-electron chi connectivity index (χ1n) is 6.77. The van der Waals surface area contributed by atoms with Crippen LogP contribution in [0.15, 0.2) is 48.5 Å². The van der Waals surface area contributed by atoms with Crippen LogP contribution in [0, 0.1) is 6.92 Å². The lowest BCUT2D eigenvalue weighted by atomic mass is 10.0. The molecule has 0 aliphatic rings. The number of amides is 1. The number of aryl methyl sites for hydroxylation is 1. The van der Waals surface area contributed by atoms with Crippen LogP contribution in [0.3, 0.4) is 0 Å². The maximum atomic E-state index is 12.3. The fourth-order valence-corrected chi connectivity index (χ4v) is 2.17. The van der Waals surface area contributed by atoms with Gasteiger partial charge in [0.05, 0.1) is 19.8 Å². The molecule has 4 nitrogen and oxygen atoms in total. The molecular formula is C17H19NO3. The van der Waals surface area contributed by atoms with Crippen molar-refractivity contribution in [1.82, 2.24) is 5.32 Å². The minimum Gasteiger partial charge on any atom is -0.497 e. The number of hydrogen-bond donors (Lipinski definition) is 2. The quantitative estimate of drug-likeness (QED) is 0.887. The number of ether oxygens (including phenoxy) is 1.